The van der Waals surface area contributed by atoms with Gasteiger partial charge >= 0.3 is 5.97 Å². The van der Waals surface area contributed by atoms with Gasteiger partial charge in [-0.15, -0.1) is 0 Å². The van der Waals surface area contributed by atoms with E-state index in [4.69, 9.17) is 33.2 Å². The Morgan fingerprint density at radius 1 is 1.27 bits per heavy atom. The lowest BCUT2D eigenvalue weighted by Crippen LogP contribution is -2.41. The molecule has 1 amide bonds. The van der Waals surface area contributed by atoms with Gasteiger partial charge in [0.1, 0.15) is 5.75 Å². The van der Waals surface area contributed by atoms with Crippen molar-refractivity contribution in [1.29, 1.82) is 5.26 Å². The van der Waals surface area contributed by atoms with Crippen molar-refractivity contribution in [3.8, 4) is 11.8 Å². The Hall–Kier alpha value is -2.95. The first kappa shape index (κ1) is 21.8. The number of carboxylic acid groups (broad SMARTS) is 1. The van der Waals surface area contributed by atoms with Crippen molar-refractivity contribution in [2.45, 2.75) is 31.3 Å². The largest absolute Gasteiger partial charge is 0.482 e. The maximum absolute atomic E-state index is 12.3. The van der Waals surface area contributed by atoms with Crippen LogP contribution in [0.25, 0.3) is 0 Å². The number of rotatable bonds is 8. The number of carboxylic acids is 1. The first-order valence-corrected chi connectivity index (χ1v) is 9.92. The van der Waals surface area contributed by atoms with Gasteiger partial charge in [-0.05, 0) is 56.2 Å². The molecular formula is C21H19Cl2N3O4. The molecule has 1 aliphatic rings. The molecule has 1 atom stereocenters. The van der Waals surface area contributed by atoms with Crippen LogP contribution in [0.3, 0.4) is 0 Å². The van der Waals surface area contributed by atoms with Crippen LogP contribution in [0, 0.1) is 11.3 Å². The van der Waals surface area contributed by atoms with Crippen LogP contribution in [-0.2, 0) is 15.1 Å². The first-order valence-electron chi connectivity index (χ1n) is 9.16. The minimum atomic E-state index is -1.69. The molecule has 0 aliphatic heterocycles. The van der Waals surface area contributed by atoms with Crippen LogP contribution < -0.4 is 15.4 Å². The summed E-state index contributed by atoms with van der Waals surface area (Å²) in [6.07, 6.45) is 1.87. The van der Waals surface area contributed by atoms with Gasteiger partial charge in [-0.2, -0.15) is 5.26 Å². The maximum Gasteiger partial charge on any atom is 0.333 e. The van der Waals surface area contributed by atoms with Crippen molar-refractivity contribution in [2.24, 2.45) is 0 Å². The highest BCUT2D eigenvalue weighted by atomic mass is 35.5. The van der Waals surface area contributed by atoms with Crippen molar-refractivity contribution >= 4 is 40.8 Å². The Labute approximate surface area is 183 Å². The summed E-state index contributed by atoms with van der Waals surface area (Å²) in [4.78, 5) is 24.3. The number of anilines is 1. The first-order chi connectivity index (χ1) is 14.2. The fourth-order valence-electron chi connectivity index (χ4n) is 2.87. The summed E-state index contributed by atoms with van der Waals surface area (Å²) in [5.41, 5.74) is -0.622. The molecule has 3 N–H and O–H groups in total. The molecule has 30 heavy (non-hydrogen) atoms. The molecule has 2 aromatic rings. The summed E-state index contributed by atoms with van der Waals surface area (Å²) in [6, 6.07) is 11.3. The van der Waals surface area contributed by atoms with Crippen molar-refractivity contribution in [3.63, 3.8) is 0 Å². The molecule has 0 bridgehead atoms. The lowest BCUT2D eigenvalue weighted by molar-refractivity contribution is -0.142. The zero-order chi connectivity index (χ0) is 21.9. The van der Waals surface area contributed by atoms with E-state index < -0.39 is 11.5 Å². The Bertz CT molecular complexity index is 1020. The molecule has 0 aromatic heterocycles. The van der Waals surface area contributed by atoms with E-state index in [1.807, 2.05) is 6.07 Å². The molecule has 1 saturated carbocycles. The topological polar surface area (TPSA) is 111 Å². The molecular weight excluding hydrogens is 429 g/mol. The predicted octanol–water partition coefficient (Wildman–Crippen LogP) is 3.93. The average Bonchev–Trinajstić information content (AvgIpc) is 3.51. The molecule has 1 fully saturated rings. The third kappa shape index (κ3) is 4.96. The van der Waals surface area contributed by atoms with E-state index in [1.165, 1.54) is 19.1 Å². The molecule has 7 nitrogen and oxygen atoms in total. The van der Waals surface area contributed by atoms with E-state index >= 15 is 0 Å². The van der Waals surface area contributed by atoms with Gasteiger partial charge in [0.25, 0.3) is 5.91 Å². The standard InChI is InChI=1S/C21H19Cl2N3O4/c1-21(20(28)29,26-15-4-2-12(10-24)3-5-15)16-8-13(22)9-17(23)19(16)30-11-18(27)25-14-6-7-14/h2-5,8-9,14,26H,6-7,11H2,1H3,(H,25,27)(H,28,29). The van der Waals surface area contributed by atoms with Gasteiger partial charge in [-0.1, -0.05) is 23.2 Å². The number of aliphatic carboxylic acids is 1. The maximum atomic E-state index is 12.3. The van der Waals surface area contributed by atoms with E-state index in [2.05, 4.69) is 10.6 Å². The van der Waals surface area contributed by atoms with Gasteiger partial charge in [-0.25, -0.2) is 4.79 Å². The van der Waals surface area contributed by atoms with Crippen LogP contribution in [0.5, 0.6) is 5.75 Å². The summed E-state index contributed by atoms with van der Waals surface area (Å²) in [5, 5.41) is 25.0. The van der Waals surface area contributed by atoms with Gasteiger partial charge in [0.05, 0.1) is 16.7 Å². The lowest BCUT2D eigenvalue weighted by atomic mass is 9.90. The van der Waals surface area contributed by atoms with Crippen LogP contribution in [0.4, 0.5) is 5.69 Å². The van der Waals surface area contributed by atoms with Gasteiger partial charge in [-0.3, -0.25) is 4.79 Å². The fraction of sp³-hybridized carbons (Fsp3) is 0.286. The van der Waals surface area contributed by atoms with Crippen LogP contribution in [0.2, 0.25) is 10.0 Å². The van der Waals surface area contributed by atoms with Gasteiger partial charge in [0.2, 0.25) is 0 Å². The zero-order valence-corrected chi connectivity index (χ0v) is 17.5. The van der Waals surface area contributed by atoms with Crippen LogP contribution in [-0.4, -0.2) is 29.6 Å². The number of carbonyl (C=O) groups excluding carboxylic acids is 1. The van der Waals surface area contributed by atoms with Gasteiger partial charge < -0.3 is 20.5 Å². The van der Waals surface area contributed by atoms with Crippen LogP contribution in [0.1, 0.15) is 30.9 Å². The highest BCUT2D eigenvalue weighted by molar-refractivity contribution is 6.35. The number of amides is 1. The van der Waals surface area contributed by atoms with Crippen molar-refractivity contribution < 1.29 is 19.4 Å². The highest BCUT2D eigenvalue weighted by Crippen LogP contribution is 2.40. The second kappa shape index (κ2) is 8.82. The molecule has 3 rings (SSSR count). The monoisotopic (exact) mass is 447 g/mol. The number of hydrogen-bond donors (Lipinski definition) is 3. The third-order valence-corrected chi connectivity index (χ3v) is 5.17. The average molecular weight is 448 g/mol. The number of ether oxygens (including phenoxy) is 1. The molecule has 0 saturated heterocycles. The van der Waals surface area contributed by atoms with E-state index in [-0.39, 0.29) is 39.9 Å². The van der Waals surface area contributed by atoms with Gasteiger partial charge in [0.15, 0.2) is 12.1 Å². The highest BCUT2D eigenvalue weighted by Gasteiger charge is 2.39. The minimum absolute atomic E-state index is 0.0538. The van der Waals surface area contributed by atoms with Crippen molar-refractivity contribution in [1.82, 2.24) is 5.32 Å². The normalized spacial score (nSPS) is 14.9. The molecule has 1 unspecified atom stereocenters. The number of nitrogens with one attached hydrogen (secondary N) is 2. The number of hydrogen-bond acceptors (Lipinski definition) is 5. The number of halogens is 2. The number of benzene rings is 2. The predicted molar refractivity (Wildman–Crippen MR) is 113 cm³/mol. The zero-order valence-electron chi connectivity index (χ0n) is 16.0. The molecule has 0 spiro atoms. The Morgan fingerprint density at radius 3 is 2.50 bits per heavy atom. The summed E-state index contributed by atoms with van der Waals surface area (Å²) >= 11 is 12.4. The Morgan fingerprint density at radius 2 is 1.93 bits per heavy atom. The fourth-order valence-corrected chi connectivity index (χ4v) is 3.41. The smallest absolute Gasteiger partial charge is 0.333 e. The van der Waals surface area contributed by atoms with E-state index in [9.17, 15) is 14.7 Å². The summed E-state index contributed by atoms with van der Waals surface area (Å²) in [6.45, 7) is 1.13. The molecule has 0 heterocycles. The second-order valence-corrected chi connectivity index (χ2v) is 7.98. The number of carbonyl (C=O) groups is 2. The summed E-state index contributed by atoms with van der Waals surface area (Å²) in [5.74, 6) is -1.47. The number of nitrogens with zero attached hydrogens (tertiary/aromatic N) is 1. The number of nitriles is 1. The van der Waals surface area contributed by atoms with Gasteiger partial charge in [0, 0.05) is 22.3 Å². The molecule has 2 aromatic carbocycles. The van der Waals surface area contributed by atoms with Crippen molar-refractivity contribution in [2.75, 3.05) is 11.9 Å². The Balaban J connectivity index is 1.94. The molecule has 156 valence electrons. The minimum Gasteiger partial charge on any atom is -0.482 e. The van der Waals surface area contributed by atoms with E-state index in [0.29, 0.717) is 11.3 Å². The van der Waals surface area contributed by atoms with E-state index in [1.54, 1.807) is 24.3 Å². The quantitative estimate of drug-likeness (QED) is 0.564. The van der Waals surface area contributed by atoms with Crippen LogP contribution in [0.15, 0.2) is 36.4 Å². The molecule has 9 heteroatoms. The van der Waals surface area contributed by atoms with Crippen LogP contribution >= 0.6 is 23.2 Å². The summed E-state index contributed by atoms with van der Waals surface area (Å²) in [7, 11) is 0. The van der Waals surface area contributed by atoms with Crippen molar-refractivity contribution in [3.05, 3.63) is 57.6 Å². The SMILES string of the molecule is CC(Nc1ccc(C#N)cc1)(C(=O)O)c1cc(Cl)cc(Cl)c1OCC(=O)NC1CC1. The second-order valence-electron chi connectivity index (χ2n) is 7.14. The molecule has 0 radical (unpaired) electrons. The summed E-state index contributed by atoms with van der Waals surface area (Å²) < 4.78 is 5.63. The lowest BCUT2D eigenvalue weighted by Gasteiger charge is -2.30. The van der Waals surface area contributed by atoms with E-state index in [0.717, 1.165) is 12.8 Å². The third-order valence-electron chi connectivity index (χ3n) is 4.67. The Kier molecular flexibility index (Phi) is 6.40. The molecule has 1 aliphatic carbocycles.